The monoisotopic (exact) mass is 365 g/mol. The second kappa shape index (κ2) is 8.03. The van der Waals surface area contributed by atoms with Gasteiger partial charge in [-0.15, -0.1) is 0 Å². The molecule has 1 aliphatic rings. The Morgan fingerprint density at radius 2 is 2.04 bits per heavy atom. The second-order valence-corrected chi connectivity index (χ2v) is 6.04. The average molecular weight is 365 g/mol. The number of carbonyl (C=O) groups is 4. The standard InChI is InChI=1S/C17H23N3O6/c1-4-17(5-2)15(23)20(16(24)19-17)10-13(21)26-11(3)14(22)18-9-12-7-6-8-25-12/h6-8,11H,4-5,9-10H2,1-3H3,(H,18,22)(H,19,24)/t11-/m0/s1. The Labute approximate surface area is 151 Å². The van der Waals surface area contributed by atoms with E-state index < -0.39 is 42.0 Å². The lowest BCUT2D eigenvalue weighted by Gasteiger charge is -2.23. The fourth-order valence-electron chi connectivity index (χ4n) is 2.70. The molecule has 0 aromatic carbocycles. The first kappa shape index (κ1) is 19.5. The molecule has 0 bridgehead atoms. The van der Waals surface area contributed by atoms with Gasteiger partial charge in [0.15, 0.2) is 6.10 Å². The molecule has 1 atom stereocenters. The van der Waals surface area contributed by atoms with Gasteiger partial charge in [0.25, 0.3) is 11.8 Å². The van der Waals surface area contributed by atoms with Gasteiger partial charge in [-0.3, -0.25) is 19.3 Å². The summed E-state index contributed by atoms with van der Waals surface area (Å²) in [5.74, 6) is -1.24. The van der Waals surface area contributed by atoms with Crippen molar-refractivity contribution >= 4 is 23.8 Å². The Morgan fingerprint density at radius 3 is 2.58 bits per heavy atom. The second-order valence-electron chi connectivity index (χ2n) is 6.04. The van der Waals surface area contributed by atoms with Gasteiger partial charge in [0, 0.05) is 0 Å². The van der Waals surface area contributed by atoms with Crippen LogP contribution in [0.3, 0.4) is 0 Å². The number of carbonyl (C=O) groups excluding carboxylic acids is 4. The molecule has 0 saturated carbocycles. The van der Waals surface area contributed by atoms with Gasteiger partial charge in [0.2, 0.25) is 0 Å². The highest BCUT2D eigenvalue weighted by atomic mass is 16.5. The molecule has 2 rings (SSSR count). The summed E-state index contributed by atoms with van der Waals surface area (Å²) in [7, 11) is 0. The molecule has 1 fully saturated rings. The van der Waals surface area contributed by atoms with E-state index in [2.05, 4.69) is 10.6 Å². The highest BCUT2D eigenvalue weighted by molar-refractivity contribution is 6.08. The van der Waals surface area contributed by atoms with E-state index in [0.717, 1.165) is 4.90 Å². The van der Waals surface area contributed by atoms with E-state index in [-0.39, 0.29) is 6.54 Å². The van der Waals surface area contributed by atoms with Crippen molar-refractivity contribution in [3.05, 3.63) is 24.2 Å². The van der Waals surface area contributed by atoms with Crippen LogP contribution in [0.1, 0.15) is 39.4 Å². The lowest BCUT2D eigenvalue weighted by atomic mass is 9.93. The van der Waals surface area contributed by atoms with Crippen LogP contribution in [0.25, 0.3) is 0 Å². The van der Waals surface area contributed by atoms with Crippen LogP contribution in [0, 0.1) is 0 Å². The number of furan rings is 1. The molecule has 4 amide bonds. The zero-order valence-electron chi connectivity index (χ0n) is 15.0. The lowest BCUT2D eigenvalue weighted by Crippen LogP contribution is -2.46. The zero-order valence-corrected chi connectivity index (χ0v) is 15.0. The number of nitrogens with zero attached hydrogens (tertiary/aromatic N) is 1. The normalized spacial score (nSPS) is 17.0. The van der Waals surface area contributed by atoms with Gasteiger partial charge in [0.05, 0.1) is 12.8 Å². The summed E-state index contributed by atoms with van der Waals surface area (Å²) < 4.78 is 10.1. The van der Waals surface area contributed by atoms with E-state index in [1.807, 2.05) is 0 Å². The van der Waals surface area contributed by atoms with Crippen LogP contribution in [0.2, 0.25) is 0 Å². The SMILES string of the molecule is CCC1(CC)NC(=O)N(CC(=O)O[C@@H](C)C(=O)NCc2ccco2)C1=O. The molecule has 0 spiro atoms. The van der Waals surface area contributed by atoms with Crippen LogP contribution in [0.5, 0.6) is 0 Å². The molecule has 1 saturated heterocycles. The minimum absolute atomic E-state index is 0.163. The van der Waals surface area contributed by atoms with Gasteiger partial charge in [0.1, 0.15) is 17.8 Å². The third-order valence-corrected chi connectivity index (χ3v) is 4.43. The van der Waals surface area contributed by atoms with Crippen molar-refractivity contribution in [2.75, 3.05) is 6.54 Å². The van der Waals surface area contributed by atoms with Crippen molar-refractivity contribution in [3.63, 3.8) is 0 Å². The summed E-state index contributed by atoms with van der Waals surface area (Å²) >= 11 is 0. The molecular formula is C17H23N3O6. The number of esters is 1. The largest absolute Gasteiger partial charge is 0.467 e. The summed E-state index contributed by atoms with van der Waals surface area (Å²) in [4.78, 5) is 49.2. The molecule has 2 N–H and O–H groups in total. The molecule has 0 unspecified atom stereocenters. The van der Waals surface area contributed by atoms with Crippen LogP contribution in [0.15, 0.2) is 22.8 Å². The highest BCUT2D eigenvalue weighted by Gasteiger charge is 2.49. The Balaban J connectivity index is 1.86. The molecule has 2 heterocycles. The fourth-order valence-corrected chi connectivity index (χ4v) is 2.70. The Morgan fingerprint density at radius 1 is 1.35 bits per heavy atom. The molecule has 9 heteroatoms. The third kappa shape index (κ3) is 4.04. The zero-order chi connectivity index (χ0) is 19.3. The Kier molecular flexibility index (Phi) is 6.01. The van der Waals surface area contributed by atoms with E-state index in [4.69, 9.17) is 9.15 Å². The molecule has 1 aromatic heterocycles. The number of ether oxygens (including phenoxy) is 1. The van der Waals surface area contributed by atoms with Crippen LogP contribution < -0.4 is 10.6 Å². The molecule has 142 valence electrons. The van der Waals surface area contributed by atoms with Gasteiger partial charge in [-0.25, -0.2) is 4.79 Å². The van der Waals surface area contributed by atoms with Crippen LogP contribution in [-0.4, -0.2) is 46.9 Å². The van der Waals surface area contributed by atoms with Crippen molar-refractivity contribution in [1.29, 1.82) is 0 Å². The molecule has 0 radical (unpaired) electrons. The van der Waals surface area contributed by atoms with Gasteiger partial charge in [-0.05, 0) is 31.9 Å². The number of hydrogen-bond acceptors (Lipinski definition) is 6. The first-order valence-electron chi connectivity index (χ1n) is 8.46. The maximum Gasteiger partial charge on any atom is 0.327 e. The van der Waals surface area contributed by atoms with E-state index in [9.17, 15) is 19.2 Å². The minimum atomic E-state index is -1.07. The van der Waals surface area contributed by atoms with Crippen molar-refractivity contribution in [2.24, 2.45) is 0 Å². The van der Waals surface area contributed by atoms with Crippen molar-refractivity contribution in [3.8, 4) is 0 Å². The van der Waals surface area contributed by atoms with Gasteiger partial charge >= 0.3 is 12.0 Å². The molecular weight excluding hydrogens is 342 g/mol. The smallest absolute Gasteiger partial charge is 0.327 e. The average Bonchev–Trinajstić information content (AvgIpc) is 3.22. The molecule has 26 heavy (non-hydrogen) atoms. The number of hydrogen-bond donors (Lipinski definition) is 2. The first-order valence-corrected chi connectivity index (χ1v) is 8.46. The summed E-state index contributed by atoms with van der Waals surface area (Å²) in [6.45, 7) is 4.60. The first-order chi connectivity index (χ1) is 12.3. The van der Waals surface area contributed by atoms with E-state index >= 15 is 0 Å². The molecule has 0 aliphatic carbocycles. The van der Waals surface area contributed by atoms with E-state index in [0.29, 0.717) is 18.6 Å². The topological polar surface area (TPSA) is 118 Å². The van der Waals surface area contributed by atoms with Crippen molar-refractivity contribution < 1.29 is 28.3 Å². The number of amides is 4. The minimum Gasteiger partial charge on any atom is -0.467 e. The van der Waals surface area contributed by atoms with Gasteiger partial charge in [-0.1, -0.05) is 13.8 Å². The van der Waals surface area contributed by atoms with Crippen LogP contribution in [-0.2, 0) is 25.7 Å². The Hall–Kier alpha value is -2.84. The van der Waals surface area contributed by atoms with Crippen LogP contribution >= 0.6 is 0 Å². The molecule has 1 aliphatic heterocycles. The molecule has 9 nitrogen and oxygen atoms in total. The number of rotatable bonds is 8. The fraction of sp³-hybridized carbons (Fsp3) is 0.529. The predicted molar refractivity (Wildman–Crippen MR) is 89.7 cm³/mol. The maximum atomic E-state index is 12.4. The van der Waals surface area contributed by atoms with Crippen molar-refractivity contribution in [2.45, 2.75) is 51.8 Å². The van der Waals surface area contributed by atoms with Gasteiger partial charge < -0.3 is 19.8 Å². The van der Waals surface area contributed by atoms with E-state index in [1.54, 1.807) is 26.0 Å². The lowest BCUT2D eigenvalue weighted by molar-refractivity contribution is -0.156. The van der Waals surface area contributed by atoms with E-state index in [1.165, 1.54) is 13.2 Å². The number of imide groups is 1. The summed E-state index contributed by atoms with van der Waals surface area (Å²) in [6.07, 6.45) is 1.26. The van der Waals surface area contributed by atoms with Crippen LogP contribution in [0.4, 0.5) is 4.79 Å². The number of urea groups is 1. The predicted octanol–water partition coefficient (Wildman–Crippen LogP) is 0.938. The summed E-state index contributed by atoms with van der Waals surface area (Å²) in [6, 6.07) is 2.75. The maximum absolute atomic E-state index is 12.4. The van der Waals surface area contributed by atoms with Gasteiger partial charge in [-0.2, -0.15) is 0 Å². The quantitative estimate of drug-likeness (QED) is 0.523. The summed E-state index contributed by atoms with van der Waals surface area (Å²) in [5, 5.41) is 5.19. The number of nitrogens with one attached hydrogen (secondary N) is 2. The molecule has 1 aromatic rings. The summed E-state index contributed by atoms with van der Waals surface area (Å²) in [5.41, 5.74) is -0.983. The van der Waals surface area contributed by atoms with Crippen molar-refractivity contribution in [1.82, 2.24) is 15.5 Å². The third-order valence-electron chi connectivity index (χ3n) is 4.43. The Bertz CT molecular complexity index is 681. The highest BCUT2D eigenvalue weighted by Crippen LogP contribution is 2.24.